The summed E-state index contributed by atoms with van der Waals surface area (Å²) in [6, 6.07) is 0. The Morgan fingerprint density at radius 3 is 2.54 bits per heavy atom. The zero-order valence-corrected chi connectivity index (χ0v) is 11.0. The molecule has 0 saturated carbocycles. The summed E-state index contributed by atoms with van der Waals surface area (Å²) in [4.78, 5) is 0. The van der Waals surface area contributed by atoms with E-state index in [1.165, 1.54) is 10.7 Å². The van der Waals surface area contributed by atoms with Gasteiger partial charge in [0.15, 0.2) is 0 Å². The van der Waals surface area contributed by atoms with Gasteiger partial charge in [0.05, 0.1) is 0 Å². The van der Waals surface area contributed by atoms with Gasteiger partial charge in [0.2, 0.25) is 0 Å². The molecule has 6 heteroatoms. The van der Waals surface area contributed by atoms with Gasteiger partial charge in [-0.05, 0) is 42.7 Å². The molecular weight excluding hydrogens is 201 g/mol. The van der Waals surface area contributed by atoms with Crippen molar-refractivity contribution in [1.82, 2.24) is 4.31 Å². The molecule has 0 aromatic heterocycles. The van der Waals surface area contributed by atoms with Crippen LogP contribution in [0.2, 0.25) is 0 Å². The summed E-state index contributed by atoms with van der Waals surface area (Å²) in [5.41, 5.74) is 0. The molecule has 1 fully saturated rings. The van der Waals surface area contributed by atoms with Crippen LogP contribution in [0.4, 0.5) is 0 Å². The quantitative estimate of drug-likeness (QED) is 0.402. The number of hydrogen-bond donors (Lipinski definition) is 0. The molecular formula is C7H15NNaO3S-. The zero-order chi connectivity index (χ0) is 8.27. The van der Waals surface area contributed by atoms with Crippen LogP contribution in [0.5, 0.6) is 0 Å². The maximum absolute atomic E-state index is 10.5. The van der Waals surface area contributed by atoms with Gasteiger partial charge in [0.1, 0.15) is 0 Å². The van der Waals surface area contributed by atoms with E-state index in [1.807, 2.05) is 0 Å². The van der Waals surface area contributed by atoms with Crippen LogP contribution >= 0.6 is 0 Å². The van der Waals surface area contributed by atoms with Gasteiger partial charge in [0, 0.05) is 0 Å². The molecule has 1 aliphatic heterocycles. The first-order chi connectivity index (χ1) is 5.24. The summed E-state index contributed by atoms with van der Waals surface area (Å²) >= 11 is 0. The van der Waals surface area contributed by atoms with E-state index in [-0.39, 0.29) is 35.0 Å². The van der Waals surface area contributed by atoms with E-state index in [0.29, 0.717) is 12.5 Å². The molecule has 1 N–H and O–H groups in total. The second-order valence-corrected chi connectivity index (χ2v) is 3.97. The van der Waals surface area contributed by atoms with Gasteiger partial charge < -0.3 is 18.2 Å². The van der Waals surface area contributed by atoms with Crippen molar-refractivity contribution in [3.8, 4) is 0 Å². The Bertz CT molecular complexity index is 190. The van der Waals surface area contributed by atoms with Gasteiger partial charge in [-0.3, -0.25) is 0 Å². The molecule has 1 rings (SSSR count). The van der Waals surface area contributed by atoms with Crippen molar-refractivity contribution >= 4 is 10.9 Å². The number of piperidine rings is 1. The average molecular weight is 216 g/mol. The monoisotopic (exact) mass is 216 g/mol. The summed E-state index contributed by atoms with van der Waals surface area (Å²) in [6.45, 7) is 3.56. The van der Waals surface area contributed by atoms with Crippen molar-refractivity contribution in [1.29, 1.82) is 0 Å². The maximum Gasteiger partial charge on any atom is 1.00 e. The maximum atomic E-state index is 10.5. The molecule has 74 valence electrons. The summed E-state index contributed by atoms with van der Waals surface area (Å²) in [7, 11) is -1.99. The Morgan fingerprint density at radius 2 is 2.08 bits per heavy atom. The van der Waals surface area contributed by atoms with E-state index >= 15 is 0 Å². The fourth-order valence-corrected chi connectivity index (χ4v) is 2.11. The van der Waals surface area contributed by atoms with Crippen molar-refractivity contribution < 1.29 is 43.5 Å². The molecule has 0 radical (unpaired) electrons. The summed E-state index contributed by atoms with van der Waals surface area (Å²) < 4.78 is 22.6. The molecule has 0 aromatic rings. The molecule has 1 aliphatic rings. The summed E-state index contributed by atoms with van der Waals surface area (Å²) in [6.07, 6.45) is 3.30. The van der Waals surface area contributed by atoms with Gasteiger partial charge in [0.25, 0.3) is 0 Å². The molecule has 0 aliphatic carbocycles. The molecule has 1 atom stereocenters. The first-order valence-electron chi connectivity index (χ1n) is 4.08. The van der Waals surface area contributed by atoms with Crippen LogP contribution < -0.4 is 29.6 Å². The molecule has 0 spiro atoms. The normalized spacial score (nSPS) is 23.4. The van der Waals surface area contributed by atoms with Crippen LogP contribution in [-0.4, -0.2) is 22.9 Å². The first kappa shape index (κ1) is 16.3. The van der Waals surface area contributed by atoms with E-state index in [2.05, 4.69) is 6.92 Å². The Hall–Kier alpha value is 0.870. The molecule has 1 heterocycles. The Labute approximate surface area is 103 Å². The minimum atomic E-state index is -1.99. The second-order valence-electron chi connectivity index (χ2n) is 3.02. The van der Waals surface area contributed by atoms with Crippen molar-refractivity contribution in [3.63, 3.8) is 0 Å². The predicted molar refractivity (Wildman–Crippen MR) is 45.3 cm³/mol. The minimum absolute atomic E-state index is 0. The van der Waals surface area contributed by atoms with Crippen molar-refractivity contribution in [2.24, 2.45) is 5.92 Å². The third-order valence-corrected chi connectivity index (χ3v) is 3.02. The molecule has 13 heavy (non-hydrogen) atoms. The van der Waals surface area contributed by atoms with Gasteiger partial charge in [-0.15, -0.1) is 0 Å². The zero-order valence-electron chi connectivity index (χ0n) is 8.23. The van der Waals surface area contributed by atoms with E-state index in [1.54, 1.807) is 0 Å². The van der Waals surface area contributed by atoms with Crippen LogP contribution in [0, 0.1) is 5.92 Å². The number of nitrogens with zero attached hydrogens (tertiary/aromatic N) is 1. The first-order valence-corrected chi connectivity index (χ1v) is 5.11. The third kappa shape index (κ3) is 5.34. The van der Waals surface area contributed by atoms with E-state index < -0.39 is 10.9 Å². The van der Waals surface area contributed by atoms with Gasteiger partial charge in [-0.1, -0.05) is 13.3 Å². The third-order valence-electron chi connectivity index (χ3n) is 2.27. The van der Waals surface area contributed by atoms with Crippen molar-refractivity contribution in [2.45, 2.75) is 26.2 Å². The number of hydrogen-bond acceptors (Lipinski definition) is 4. The van der Waals surface area contributed by atoms with Gasteiger partial charge in [-0.2, -0.15) is 0 Å². The molecule has 0 amide bonds. The van der Waals surface area contributed by atoms with Gasteiger partial charge in [-0.25, -0.2) is 0 Å². The van der Waals surface area contributed by atoms with E-state index in [0.717, 1.165) is 19.4 Å². The molecule has 0 aromatic carbocycles. The van der Waals surface area contributed by atoms with Crippen molar-refractivity contribution in [3.05, 3.63) is 0 Å². The van der Waals surface area contributed by atoms with Crippen LogP contribution in [0.3, 0.4) is 0 Å². The Morgan fingerprint density at radius 1 is 1.46 bits per heavy atom. The molecule has 0 bridgehead atoms. The fourth-order valence-electron chi connectivity index (χ4n) is 1.50. The van der Waals surface area contributed by atoms with Crippen LogP contribution in [0.15, 0.2) is 0 Å². The fraction of sp³-hybridized carbons (Fsp3) is 1.00. The van der Waals surface area contributed by atoms with Crippen LogP contribution in [0.25, 0.3) is 0 Å². The van der Waals surface area contributed by atoms with Crippen LogP contribution in [0.1, 0.15) is 26.2 Å². The largest absolute Gasteiger partial charge is 1.00 e. The molecule has 4 nitrogen and oxygen atoms in total. The second kappa shape index (κ2) is 8.20. The Kier molecular flexibility index (Phi) is 10.3. The van der Waals surface area contributed by atoms with E-state index in [4.69, 9.17) is 0 Å². The molecule has 1 unspecified atom stereocenters. The van der Waals surface area contributed by atoms with E-state index in [9.17, 15) is 8.42 Å². The topological polar surface area (TPSA) is 67.4 Å². The molecule has 1 saturated heterocycles. The predicted octanol–water partition coefficient (Wildman–Crippen LogP) is -1.84. The number of rotatable bonds is 2. The minimum Gasteiger partial charge on any atom is -0.870 e. The summed E-state index contributed by atoms with van der Waals surface area (Å²) in [5.74, 6) is 0.585. The van der Waals surface area contributed by atoms with Crippen LogP contribution in [-0.2, 0) is 19.3 Å². The van der Waals surface area contributed by atoms with Crippen molar-refractivity contribution in [2.75, 3.05) is 13.1 Å². The average Bonchev–Trinajstić information content (AvgIpc) is 2.05. The SMILES string of the molecule is CCC1CCCN([S-](=O)=O)C1.[Na+].[OH-]. The smallest absolute Gasteiger partial charge is 0.870 e. The standard InChI is InChI=1S/C7H14NO2S.Na.H2O/c1-2-7-4-3-5-8(6-7)11(9)10;;/h7H,2-6H2,1H3;;1H2/q-1;+1;/p-1. The summed E-state index contributed by atoms with van der Waals surface area (Å²) in [5, 5.41) is 0. The van der Waals surface area contributed by atoms with Gasteiger partial charge >= 0.3 is 29.6 Å². The Balaban J connectivity index is 0.